The molecular formula is C14H26O8. The zero-order valence-corrected chi connectivity index (χ0v) is 12.8. The Labute approximate surface area is 129 Å². The Morgan fingerprint density at radius 1 is 1.09 bits per heavy atom. The Kier molecular flexibility index (Phi) is 8.54. The van der Waals surface area contributed by atoms with Gasteiger partial charge in [-0.15, -0.1) is 0 Å². The van der Waals surface area contributed by atoms with E-state index in [-0.39, 0.29) is 12.3 Å². The maximum atomic E-state index is 11.3. The van der Waals surface area contributed by atoms with Gasteiger partial charge in [0, 0.05) is 0 Å². The predicted octanol–water partition coefficient (Wildman–Crippen LogP) is -0.424. The lowest BCUT2D eigenvalue weighted by molar-refractivity contribution is -0.197. The van der Waals surface area contributed by atoms with Crippen LogP contribution in [0.15, 0.2) is 0 Å². The minimum Gasteiger partial charge on any atom is -0.479 e. The molecule has 0 aliphatic heterocycles. The number of carboxylic acid groups (broad SMARTS) is 2. The van der Waals surface area contributed by atoms with Crippen molar-refractivity contribution in [2.45, 2.75) is 69.9 Å². The summed E-state index contributed by atoms with van der Waals surface area (Å²) in [4.78, 5) is 21.9. The van der Waals surface area contributed by atoms with E-state index in [4.69, 9.17) is 5.11 Å². The van der Waals surface area contributed by atoms with Gasteiger partial charge < -0.3 is 30.6 Å². The fourth-order valence-electron chi connectivity index (χ4n) is 2.32. The molecule has 6 N–H and O–H groups in total. The van der Waals surface area contributed by atoms with Crippen LogP contribution >= 0.6 is 0 Å². The van der Waals surface area contributed by atoms with Gasteiger partial charge in [0.05, 0.1) is 0 Å². The van der Waals surface area contributed by atoms with Crippen molar-refractivity contribution in [2.24, 2.45) is 5.92 Å². The summed E-state index contributed by atoms with van der Waals surface area (Å²) in [6, 6.07) is 0. The van der Waals surface area contributed by atoms with Crippen LogP contribution in [0, 0.1) is 5.92 Å². The zero-order chi connectivity index (χ0) is 17.5. The highest BCUT2D eigenvalue weighted by molar-refractivity contribution is 5.79. The first-order valence-corrected chi connectivity index (χ1v) is 7.34. The topological polar surface area (TPSA) is 156 Å². The summed E-state index contributed by atoms with van der Waals surface area (Å²) in [5, 5.41) is 56.8. The van der Waals surface area contributed by atoms with Gasteiger partial charge in [-0.25, -0.2) is 9.59 Å². The second kappa shape index (κ2) is 9.04. The van der Waals surface area contributed by atoms with Crippen LogP contribution in [0.5, 0.6) is 0 Å². The lowest BCUT2D eigenvalue weighted by atomic mass is 9.80. The quantitative estimate of drug-likeness (QED) is 0.299. The Balaban J connectivity index is 5.22. The first-order chi connectivity index (χ1) is 10.1. The van der Waals surface area contributed by atoms with Crippen molar-refractivity contribution in [3.8, 4) is 0 Å². The molecule has 0 saturated carbocycles. The van der Waals surface area contributed by atoms with E-state index >= 15 is 0 Å². The minimum atomic E-state index is -2.73. The molecule has 0 saturated heterocycles. The summed E-state index contributed by atoms with van der Waals surface area (Å²) in [5.41, 5.74) is -2.73. The van der Waals surface area contributed by atoms with Gasteiger partial charge in [-0.1, -0.05) is 39.5 Å². The summed E-state index contributed by atoms with van der Waals surface area (Å²) in [6.45, 7) is 3.76. The van der Waals surface area contributed by atoms with Gasteiger partial charge in [-0.2, -0.15) is 0 Å². The van der Waals surface area contributed by atoms with Crippen molar-refractivity contribution in [3.05, 3.63) is 0 Å². The van der Waals surface area contributed by atoms with Crippen LogP contribution in [-0.4, -0.2) is 66.5 Å². The molecule has 0 aliphatic carbocycles. The van der Waals surface area contributed by atoms with Gasteiger partial charge in [-0.3, -0.25) is 0 Å². The minimum absolute atomic E-state index is 0.218. The molecule has 0 aromatic rings. The van der Waals surface area contributed by atoms with Crippen LogP contribution < -0.4 is 0 Å². The van der Waals surface area contributed by atoms with E-state index in [0.29, 0.717) is 12.8 Å². The summed E-state index contributed by atoms with van der Waals surface area (Å²) >= 11 is 0. The van der Waals surface area contributed by atoms with Crippen LogP contribution in [0.1, 0.15) is 46.0 Å². The van der Waals surface area contributed by atoms with Gasteiger partial charge in [-0.05, 0) is 12.3 Å². The number of unbranched alkanes of at least 4 members (excludes halogenated alkanes) is 1. The molecule has 22 heavy (non-hydrogen) atoms. The second-order valence-electron chi connectivity index (χ2n) is 5.57. The first-order valence-electron chi connectivity index (χ1n) is 7.34. The number of aliphatic hydroxyl groups excluding tert-OH is 3. The molecule has 5 unspecified atom stereocenters. The SMILES string of the molecule is CCCCC(CC)CC(O)(C(=O)O)C(O)C(O)C(O)C(=O)O. The van der Waals surface area contributed by atoms with Gasteiger partial charge in [0.2, 0.25) is 0 Å². The van der Waals surface area contributed by atoms with Crippen LogP contribution in [0.2, 0.25) is 0 Å². The number of hydrogen-bond acceptors (Lipinski definition) is 6. The molecular weight excluding hydrogens is 296 g/mol. The van der Waals surface area contributed by atoms with Crippen LogP contribution in [-0.2, 0) is 9.59 Å². The van der Waals surface area contributed by atoms with Gasteiger partial charge in [0.15, 0.2) is 11.7 Å². The molecule has 0 bridgehead atoms. The van der Waals surface area contributed by atoms with Crippen molar-refractivity contribution >= 4 is 11.9 Å². The molecule has 0 spiro atoms. The Morgan fingerprint density at radius 3 is 2.00 bits per heavy atom. The smallest absolute Gasteiger partial charge is 0.338 e. The van der Waals surface area contributed by atoms with Crippen molar-refractivity contribution in [1.82, 2.24) is 0 Å². The average Bonchev–Trinajstić information content (AvgIpc) is 2.48. The molecule has 0 radical (unpaired) electrons. The van der Waals surface area contributed by atoms with E-state index in [9.17, 15) is 35.1 Å². The standard InChI is InChI=1S/C14H26O8/c1-3-5-6-8(4-2)7-14(22,13(20)21)11(17)9(15)10(16)12(18)19/h8-11,15-17,22H,3-7H2,1-2H3,(H,18,19)(H,20,21). The first kappa shape index (κ1) is 20.8. The lowest BCUT2D eigenvalue weighted by Gasteiger charge is -2.35. The molecule has 0 fully saturated rings. The number of rotatable bonds is 11. The summed E-state index contributed by atoms with van der Waals surface area (Å²) < 4.78 is 0. The Morgan fingerprint density at radius 2 is 1.64 bits per heavy atom. The van der Waals surface area contributed by atoms with E-state index in [2.05, 4.69) is 0 Å². The Bertz CT molecular complexity index is 372. The van der Waals surface area contributed by atoms with Gasteiger partial charge >= 0.3 is 11.9 Å². The fraction of sp³-hybridized carbons (Fsp3) is 0.857. The van der Waals surface area contributed by atoms with E-state index in [1.165, 1.54) is 0 Å². The largest absolute Gasteiger partial charge is 0.479 e. The number of carbonyl (C=O) groups is 2. The molecule has 0 aliphatic rings. The number of hydrogen-bond donors (Lipinski definition) is 6. The van der Waals surface area contributed by atoms with Crippen LogP contribution in [0.4, 0.5) is 0 Å². The highest BCUT2D eigenvalue weighted by atomic mass is 16.4. The maximum Gasteiger partial charge on any atom is 0.338 e. The number of carboxylic acids is 2. The third-order valence-electron chi connectivity index (χ3n) is 3.90. The Hall–Kier alpha value is -1.22. The van der Waals surface area contributed by atoms with Crippen molar-refractivity contribution < 1.29 is 40.2 Å². The lowest BCUT2D eigenvalue weighted by Crippen LogP contribution is -2.59. The van der Waals surface area contributed by atoms with Crippen LogP contribution in [0.3, 0.4) is 0 Å². The van der Waals surface area contributed by atoms with Crippen molar-refractivity contribution in [3.63, 3.8) is 0 Å². The fourth-order valence-corrected chi connectivity index (χ4v) is 2.32. The van der Waals surface area contributed by atoms with E-state index in [0.717, 1.165) is 12.8 Å². The summed E-state index contributed by atoms with van der Waals surface area (Å²) in [6.07, 6.45) is -4.50. The highest BCUT2D eigenvalue weighted by Gasteiger charge is 2.50. The third-order valence-corrected chi connectivity index (χ3v) is 3.90. The van der Waals surface area contributed by atoms with Crippen molar-refractivity contribution in [2.75, 3.05) is 0 Å². The molecule has 5 atom stereocenters. The molecule has 0 aromatic heterocycles. The maximum absolute atomic E-state index is 11.3. The molecule has 8 nitrogen and oxygen atoms in total. The molecule has 130 valence electrons. The molecule has 0 aromatic carbocycles. The summed E-state index contributed by atoms with van der Waals surface area (Å²) in [7, 11) is 0. The third kappa shape index (κ3) is 5.20. The van der Waals surface area contributed by atoms with E-state index < -0.39 is 35.9 Å². The average molecular weight is 322 g/mol. The van der Waals surface area contributed by atoms with E-state index in [1.54, 1.807) is 6.92 Å². The normalized spacial score (nSPS) is 19.7. The van der Waals surface area contributed by atoms with E-state index in [1.807, 2.05) is 6.92 Å². The summed E-state index contributed by atoms with van der Waals surface area (Å²) in [5.74, 6) is -3.81. The van der Waals surface area contributed by atoms with Gasteiger partial charge in [0.25, 0.3) is 0 Å². The zero-order valence-electron chi connectivity index (χ0n) is 12.8. The molecule has 0 rings (SSSR count). The number of aliphatic carboxylic acids is 2. The van der Waals surface area contributed by atoms with Crippen LogP contribution in [0.25, 0.3) is 0 Å². The second-order valence-corrected chi connectivity index (χ2v) is 5.57. The van der Waals surface area contributed by atoms with Crippen molar-refractivity contribution in [1.29, 1.82) is 0 Å². The predicted molar refractivity (Wildman–Crippen MR) is 76.2 cm³/mol. The molecule has 0 heterocycles. The molecule has 8 heteroatoms. The molecule has 0 amide bonds. The highest BCUT2D eigenvalue weighted by Crippen LogP contribution is 2.29. The van der Waals surface area contributed by atoms with Gasteiger partial charge in [0.1, 0.15) is 12.2 Å². The number of aliphatic hydroxyl groups is 4. The monoisotopic (exact) mass is 322 g/mol.